The fraction of sp³-hybridized carbons (Fsp3) is 0.923. The van der Waals surface area contributed by atoms with Gasteiger partial charge in [0.25, 0.3) is 0 Å². The van der Waals surface area contributed by atoms with Crippen LogP contribution in [0.15, 0.2) is 0 Å². The molecule has 0 radical (unpaired) electrons. The van der Waals surface area contributed by atoms with Crippen molar-refractivity contribution in [2.24, 2.45) is 5.92 Å². The van der Waals surface area contributed by atoms with Crippen LogP contribution in [0.25, 0.3) is 0 Å². The van der Waals surface area contributed by atoms with Crippen molar-refractivity contribution in [3.8, 4) is 0 Å². The summed E-state index contributed by atoms with van der Waals surface area (Å²) in [6, 6.07) is 0. The van der Waals surface area contributed by atoms with Gasteiger partial charge in [-0.15, -0.1) is 0 Å². The zero-order chi connectivity index (χ0) is 12.4. The molecule has 3 nitrogen and oxygen atoms in total. The summed E-state index contributed by atoms with van der Waals surface area (Å²) in [5.74, 6) is 0.446. The predicted octanol–water partition coefficient (Wildman–Crippen LogP) is 2.92. The summed E-state index contributed by atoms with van der Waals surface area (Å²) in [4.78, 5) is 11.9. The third-order valence-corrected chi connectivity index (χ3v) is 3.51. The molecule has 16 heavy (non-hydrogen) atoms. The van der Waals surface area contributed by atoms with E-state index in [0.717, 1.165) is 12.8 Å². The number of carbonyl (C=O) groups is 1. The Bertz CT molecular complexity index is 262. The number of rotatable bonds is 6. The second kappa shape index (κ2) is 4.74. The van der Waals surface area contributed by atoms with Gasteiger partial charge in [0.1, 0.15) is 5.60 Å². The molecule has 1 saturated heterocycles. The fourth-order valence-corrected chi connectivity index (χ4v) is 2.27. The monoisotopic (exact) mass is 228 g/mol. The molecule has 0 bridgehead atoms. The van der Waals surface area contributed by atoms with E-state index < -0.39 is 5.60 Å². The molecule has 1 aliphatic heterocycles. The van der Waals surface area contributed by atoms with E-state index in [0.29, 0.717) is 18.9 Å². The molecule has 0 aromatic heterocycles. The van der Waals surface area contributed by atoms with Crippen LogP contribution in [0.2, 0.25) is 0 Å². The highest BCUT2D eigenvalue weighted by atomic mass is 16.7. The molecular formula is C13H24O3. The highest BCUT2D eigenvalue weighted by molar-refractivity contribution is 5.84. The average Bonchev–Trinajstić information content (AvgIpc) is 2.84. The molecule has 1 aliphatic rings. The van der Waals surface area contributed by atoms with Gasteiger partial charge in [-0.05, 0) is 39.0 Å². The zero-order valence-electron chi connectivity index (χ0n) is 11.1. The average molecular weight is 228 g/mol. The van der Waals surface area contributed by atoms with Gasteiger partial charge >= 0.3 is 5.97 Å². The first-order chi connectivity index (χ1) is 7.42. The predicted molar refractivity (Wildman–Crippen MR) is 63.2 cm³/mol. The Balaban J connectivity index is 2.62. The number of ether oxygens (including phenoxy) is 2. The van der Waals surface area contributed by atoms with Gasteiger partial charge in [-0.25, -0.2) is 4.79 Å². The minimum atomic E-state index is -0.669. The second-order valence-corrected chi connectivity index (χ2v) is 5.17. The Morgan fingerprint density at radius 3 is 2.44 bits per heavy atom. The smallest absolute Gasteiger partial charge is 0.341 e. The van der Waals surface area contributed by atoms with Gasteiger partial charge < -0.3 is 9.47 Å². The van der Waals surface area contributed by atoms with E-state index >= 15 is 0 Å². The highest BCUT2D eigenvalue weighted by Crippen LogP contribution is 2.54. The second-order valence-electron chi connectivity index (χ2n) is 5.17. The summed E-state index contributed by atoms with van der Waals surface area (Å²) >= 11 is 0. The molecule has 1 rings (SSSR count). The molecule has 0 N–H and O–H groups in total. The van der Waals surface area contributed by atoms with Gasteiger partial charge in [-0.3, -0.25) is 0 Å². The minimum absolute atomic E-state index is 0.191. The molecule has 2 unspecified atom stereocenters. The van der Waals surface area contributed by atoms with Crippen LogP contribution in [0, 0.1) is 5.92 Å². The summed E-state index contributed by atoms with van der Waals surface area (Å²) in [6.45, 7) is 10.6. The lowest BCUT2D eigenvalue weighted by molar-refractivity contribution is -0.149. The summed E-state index contributed by atoms with van der Waals surface area (Å²) in [7, 11) is 0. The third-order valence-electron chi connectivity index (χ3n) is 3.51. The van der Waals surface area contributed by atoms with E-state index in [1.807, 2.05) is 20.8 Å². The first-order valence-electron chi connectivity index (χ1n) is 6.29. The van der Waals surface area contributed by atoms with Crippen LogP contribution in [0.3, 0.4) is 0 Å². The molecule has 0 saturated carbocycles. The van der Waals surface area contributed by atoms with Crippen molar-refractivity contribution >= 4 is 5.97 Å². The van der Waals surface area contributed by atoms with Gasteiger partial charge in [-0.1, -0.05) is 20.8 Å². The lowest BCUT2D eigenvalue weighted by Gasteiger charge is -2.15. The standard InChI is InChI=1S/C13H24O3/c1-6-13(11(14)15-7-2)12(5,16-13)9-8-10(3)4/h10H,6-9H2,1-5H3. The maximum Gasteiger partial charge on any atom is 0.341 e. The quantitative estimate of drug-likeness (QED) is 0.518. The summed E-state index contributed by atoms with van der Waals surface area (Å²) in [5.41, 5.74) is -0.976. The summed E-state index contributed by atoms with van der Waals surface area (Å²) < 4.78 is 10.8. The van der Waals surface area contributed by atoms with Crippen LogP contribution >= 0.6 is 0 Å². The Hall–Kier alpha value is -0.570. The molecular weight excluding hydrogens is 204 g/mol. The molecule has 1 heterocycles. The van der Waals surface area contributed by atoms with Gasteiger partial charge in [0.05, 0.1) is 6.61 Å². The molecule has 0 aromatic carbocycles. The van der Waals surface area contributed by atoms with E-state index in [2.05, 4.69) is 13.8 Å². The van der Waals surface area contributed by atoms with Crippen LogP contribution in [-0.2, 0) is 14.3 Å². The van der Waals surface area contributed by atoms with E-state index in [4.69, 9.17) is 9.47 Å². The van der Waals surface area contributed by atoms with Crippen molar-refractivity contribution in [1.29, 1.82) is 0 Å². The topological polar surface area (TPSA) is 38.8 Å². The number of esters is 1. The van der Waals surface area contributed by atoms with Crippen molar-refractivity contribution in [3.05, 3.63) is 0 Å². The highest BCUT2D eigenvalue weighted by Gasteiger charge is 2.71. The summed E-state index contributed by atoms with van der Waals surface area (Å²) in [5, 5.41) is 0. The van der Waals surface area contributed by atoms with Crippen LogP contribution in [0.4, 0.5) is 0 Å². The molecule has 0 spiro atoms. The Morgan fingerprint density at radius 1 is 1.38 bits per heavy atom. The van der Waals surface area contributed by atoms with Gasteiger partial charge in [0.2, 0.25) is 0 Å². The van der Waals surface area contributed by atoms with Crippen LogP contribution in [-0.4, -0.2) is 23.8 Å². The Labute approximate surface area is 98.5 Å². The number of epoxide rings is 1. The number of carbonyl (C=O) groups excluding carboxylic acids is 1. The van der Waals surface area contributed by atoms with E-state index in [-0.39, 0.29) is 11.6 Å². The zero-order valence-corrected chi connectivity index (χ0v) is 11.1. The van der Waals surface area contributed by atoms with E-state index in [9.17, 15) is 4.79 Å². The number of hydrogen-bond donors (Lipinski definition) is 0. The van der Waals surface area contributed by atoms with Gasteiger partial charge in [0, 0.05) is 0 Å². The first kappa shape index (κ1) is 13.5. The van der Waals surface area contributed by atoms with Gasteiger partial charge in [0.15, 0.2) is 5.60 Å². The third kappa shape index (κ3) is 2.24. The van der Waals surface area contributed by atoms with Crippen LogP contribution < -0.4 is 0 Å². The minimum Gasteiger partial charge on any atom is -0.464 e. The molecule has 0 aliphatic carbocycles. The van der Waals surface area contributed by atoms with Crippen LogP contribution in [0.1, 0.15) is 53.9 Å². The molecule has 2 atom stereocenters. The summed E-state index contributed by atoms with van der Waals surface area (Å²) in [6.07, 6.45) is 2.70. The molecule has 0 amide bonds. The van der Waals surface area contributed by atoms with Crippen molar-refractivity contribution in [1.82, 2.24) is 0 Å². The van der Waals surface area contributed by atoms with Crippen molar-refractivity contribution in [2.75, 3.05) is 6.61 Å². The van der Waals surface area contributed by atoms with Crippen molar-refractivity contribution in [2.45, 2.75) is 65.1 Å². The molecule has 0 aromatic rings. The van der Waals surface area contributed by atoms with Gasteiger partial charge in [-0.2, -0.15) is 0 Å². The first-order valence-corrected chi connectivity index (χ1v) is 6.29. The van der Waals surface area contributed by atoms with E-state index in [1.165, 1.54) is 0 Å². The lowest BCUT2D eigenvalue weighted by Crippen LogP contribution is -2.34. The number of hydrogen-bond acceptors (Lipinski definition) is 3. The normalized spacial score (nSPS) is 32.9. The molecule has 3 heteroatoms. The largest absolute Gasteiger partial charge is 0.464 e. The fourth-order valence-electron chi connectivity index (χ4n) is 2.27. The Morgan fingerprint density at radius 2 is 2.00 bits per heavy atom. The van der Waals surface area contributed by atoms with Crippen molar-refractivity contribution < 1.29 is 14.3 Å². The maximum absolute atomic E-state index is 11.9. The lowest BCUT2D eigenvalue weighted by atomic mass is 9.86. The molecule has 1 fully saturated rings. The van der Waals surface area contributed by atoms with E-state index in [1.54, 1.807) is 0 Å². The SMILES string of the molecule is CCOC(=O)C1(CC)OC1(C)CCC(C)C. The Kier molecular flexibility index (Phi) is 4.00. The van der Waals surface area contributed by atoms with Crippen LogP contribution in [0.5, 0.6) is 0 Å². The molecule has 94 valence electrons. The van der Waals surface area contributed by atoms with Crippen molar-refractivity contribution in [3.63, 3.8) is 0 Å². The maximum atomic E-state index is 11.9.